The van der Waals surface area contributed by atoms with Gasteiger partial charge in [0.1, 0.15) is 0 Å². The van der Waals surface area contributed by atoms with Crippen LogP contribution in [0.3, 0.4) is 0 Å². The maximum absolute atomic E-state index is 2.37. The highest BCUT2D eigenvalue weighted by molar-refractivity contribution is 7.25. The minimum atomic E-state index is 1.11. The number of fused-ring (bicyclic) bond motifs is 4. The molecule has 0 spiro atoms. The lowest BCUT2D eigenvalue weighted by Gasteiger charge is -2.26. The minimum Gasteiger partial charge on any atom is -0.310 e. The molecule has 0 fully saturated rings. The van der Waals surface area contributed by atoms with Gasteiger partial charge in [-0.2, -0.15) is 0 Å². The fourth-order valence-corrected chi connectivity index (χ4v) is 8.90. The Morgan fingerprint density at radius 3 is 1.59 bits per heavy atom. The summed E-state index contributed by atoms with van der Waals surface area (Å²) in [5, 5.41) is 5.17. The van der Waals surface area contributed by atoms with E-state index in [-0.39, 0.29) is 0 Å². The first-order valence-corrected chi connectivity index (χ1v) is 19.2. The molecule has 10 rings (SSSR count). The van der Waals surface area contributed by atoms with Gasteiger partial charge in [-0.25, -0.2) is 0 Å². The Morgan fingerprint density at radius 2 is 0.796 bits per heavy atom. The summed E-state index contributed by atoms with van der Waals surface area (Å²) in [5.41, 5.74) is 13.0. The van der Waals surface area contributed by atoms with Gasteiger partial charge in [0.05, 0.1) is 0 Å². The Morgan fingerprint density at radius 1 is 0.278 bits per heavy atom. The van der Waals surface area contributed by atoms with Crippen molar-refractivity contribution in [2.75, 3.05) is 4.90 Å². The monoisotopic (exact) mass is 705 g/mol. The second-order valence-corrected chi connectivity index (χ2v) is 14.8. The number of hydrogen-bond acceptors (Lipinski definition) is 2. The van der Waals surface area contributed by atoms with E-state index in [9.17, 15) is 0 Å². The van der Waals surface area contributed by atoms with Gasteiger partial charge in [0.2, 0.25) is 0 Å². The fraction of sp³-hybridized carbons (Fsp3) is 0. The van der Waals surface area contributed by atoms with Gasteiger partial charge >= 0.3 is 0 Å². The predicted molar refractivity (Wildman–Crippen MR) is 233 cm³/mol. The van der Waals surface area contributed by atoms with E-state index in [1.165, 1.54) is 75.5 Å². The number of anilines is 3. The van der Waals surface area contributed by atoms with Gasteiger partial charge in [-0.1, -0.05) is 158 Å². The molecule has 0 atom stereocenters. The van der Waals surface area contributed by atoms with E-state index in [1.54, 1.807) is 0 Å². The molecule has 0 amide bonds. The average molecular weight is 706 g/mol. The van der Waals surface area contributed by atoms with E-state index in [4.69, 9.17) is 0 Å². The zero-order valence-corrected chi connectivity index (χ0v) is 30.4. The van der Waals surface area contributed by atoms with Gasteiger partial charge < -0.3 is 4.90 Å². The van der Waals surface area contributed by atoms with Crippen LogP contribution in [-0.4, -0.2) is 0 Å². The van der Waals surface area contributed by atoms with E-state index in [0.717, 1.165) is 17.1 Å². The molecular weight excluding hydrogens is 671 g/mol. The van der Waals surface area contributed by atoms with E-state index in [2.05, 4.69) is 217 Å². The topological polar surface area (TPSA) is 3.24 Å². The van der Waals surface area contributed by atoms with Crippen LogP contribution in [0.2, 0.25) is 0 Å². The molecule has 0 aliphatic heterocycles. The second-order valence-electron chi connectivity index (χ2n) is 13.8. The molecule has 0 saturated carbocycles. The zero-order chi connectivity index (χ0) is 35.8. The van der Waals surface area contributed by atoms with Crippen LogP contribution < -0.4 is 4.90 Å². The van der Waals surface area contributed by atoms with Crippen LogP contribution in [0.15, 0.2) is 212 Å². The van der Waals surface area contributed by atoms with E-state index in [1.807, 2.05) is 11.3 Å². The predicted octanol–water partition coefficient (Wildman–Crippen LogP) is 15.3. The van der Waals surface area contributed by atoms with Crippen LogP contribution in [0.4, 0.5) is 17.1 Å². The highest BCUT2D eigenvalue weighted by Gasteiger charge is 2.15. The van der Waals surface area contributed by atoms with Crippen molar-refractivity contribution < 1.29 is 0 Å². The largest absolute Gasteiger partial charge is 0.310 e. The summed E-state index contributed by atoms with van der Waals surface area (Å²) in [5.74, 6) is 0. The van der Waals surface area contributed by atoms with Crippen molar-refractivity contribution in [3.63, 3.8) is 0 Å². The Labute approximate surface area is 319 Å². The Hall–Kier alpha value is -6.74. The summed E-state index contributed by atoms with van der Waals surface area (Å²) in [7, 11) is 0. The highest BCUT2D eigenvalue weighted by atomic mass is 32.1. The third kappa shape index (κ3) is 5.93. The fourth-order valence-electron chi connectivity index (χ4n) is 7.76. The molecule has 1 nitrogen and oxygen atoms in total. The normalized spacial score (nSPS) is 11.3. The third-order valence-electron chi connectivity index (χ3n) is 10.5. The standard InChI is InChI=1S/C52H35NS/c1-2-11-36(12-3-1)37-23-28-44(29-24-37)53(46-18-9-16-41(34-46)42-27-32-50-49-20-6-7-22-51(49)54-52(50)35-42)45-30-25-38(26-31-45)40-15-8-17-43(33-40)48-21-10-14-39-13-4-5-19-47(39)48/h1-35H. The van der Waals surface area contributed by atoms with Gasteiger partial charge in [0.25, 0.3) is 0 Å². The van der Waals surface area contributed by atoms with Crippen LogP contribution in [0, 0.1) is 0 Å². The van der Waals surface area contributed by atoms with Gasteiger partial charge in [0, 0.05) is 37.2 Å². The van der Waals surface area contributed by atoms with E-state index < -0.39 is 0 Å². The maximum Gasteiger partial charge on any atom is 0.0467 e. The molecule has 9 aromatic carbocycles. The maximum atomic E-state index is 2.37. The number of nitrogens with zero attached hydrogens (tertiary/aromatic N) is 1. The van der Waals surface area contributed by atoms with Crippen LogP contribution in [-0.2, 0) is 0 Å². The summed E-state index contributed by atoms with van der Waals surface area (Å²) in [6.07, 6.45) is 0. The van der Waals surface area contributed by atoms with Crippen LogP contribution in [0.1, 0.15) is 0 Å². The molecule has 0 radical (unpaired) electrons. The van der Waals surface area contributed by atoms with Crippen molar-refractivity contribution in [3.8, 4) is 44.5 Å². The first kappa shape index (κ1) is 32.0. The number of rotatable bonds is 7. The number of hydrogen-bond donors (Lipinski definition) is 0. The molecule has 1 heterocycles. The molecule has 0 saturated heterocycles. The Kier molecular flexibility index (Phi) is 8.09. The van der Waals surface area contributed by atoms with Crippen LogP contribution >= 0.6 is 11.3 Å². The summed E-state index contributed by atoms with van der Waals surface area (Å²) < 4.78 is 2.64. The van der Waals surface area contributed by atoms with Gasteiger partial charge in [-0.15, -0.1) is 11.3 Å². The van der Waals surface area contributed by atoms with Crippen molar-refractivity contribution in [2.45, 2.75) is 0 Å². The molecule has 0 aliphatic carbocycles. The molecule has 0 unspecified atom stereocenters. The first-order valence-electron chi connectivity index (χ1n) is 18.4. The lowest BCUT2D eigenvalue weighted by Crippen LogP contribution is -2.10. The molecule has 0 bridgehead atoms. The van der Waals surface area contributed by atoms with Gasteiger partial charge in [0.15, 0.2) is 0 Å². The SMILES string of the molecule is c1ccc(-c2ccc(N(c3ccc(-c4cccc(-c5cccc6ccccc56)c4)cc3)c3cccc(-c4ccc5c(c4)sc4ccccc45)c3)cc2)cc1. The third-order valence-corrected chi connectivity index (χ3v) is 11.6. The molecule has 2 heteroatoms. The van der Waals surface area contributed by atoms with Crippen molar-refractivity contribution in [2.24, 2.45) is 0 Å². The van der Waals surface area contributed by atoms with Gasteiger partial charge in [-0.05, 0) is 110 Å². The van der Waals surface area contributed by atoms with Crippen molar-refractivity contribution in [1.82, 2.24) is 0 Å². The Bertz CT molecular complexity index is 2920. The van der Waals surface area contributed by atoms with Crippen LogP contribution in [0.5, 0.6) is 0 Å². The molecule has 254 valence electrons. The van der Waals surface area contributed by atoms with Crippen molar-refractivity contribution >= 4 is 59.3 Å². The first-order chi connectivity index (χ1) is 26.7. The molecule has 10 aromatic rings. The van der Waals surface area contributed by atoms with Crippen LogP contribution in [0.25, 0.3) is 75.5 Å². The highest BCUT2D eigenvalue weighted by Crippen LogP contribution is 2.41. The lowest BCUT2D eigenvalue weighted by atomic mass is 9.95. The summed E-state index contributed by atoms with van der Waals surface area (Å²) in [6, 6.07) is 77.1. The number of benzene rings is 9. The summed E-state index contributed by atoms with van der Waals surface area (Å²) in [4.78, 5) is 2.37. The minimum absolute atomic E-state index is 1.11. The zero-order valence-electron chi connectivity index (χ0n) is 29.6. The average Bonchev–Trinajstić information content (AvgIpc) is 3.63. The van der Waals surface area contributed by atoms with Crippen molar-refractivity contribution in [1.29, 1.82) is 0 Å². The lowest BCUT2D eigenvalue weighted by molar-refractivity contribution is 1.28. The molecular formula is C52H35NS. The summed E-state index contributed by atoms with van der Waals surface area (Å²) >= 11 is 1.86. The Balaban J connectivity index is 1.03. The molecule has 54 heavy (non-hydrogen) atoms. The van der Waals surface area contributed by atoms with E-state index >= 15 is 0 Å². The molecule has 0 N–H and O–H groups in total. The quantitative estimate of drug-likeness (QED) is 0.160. The van der Waals surface area contributed by atoms with E-state index in [0.29, 0.717) is 0 Å². The summed E-state index contributed by atoms with van der Waals surface area (Å²) in [6.45, 7) is 0. The smallest absolute Gasteiger partial charge is 0.0467 e. The molecule has 0 aliphatic rings. The van der Waals surface area contributed by atoms with Crippen molar-refractivity contribution in [3.05, 3.63) is 212 Å². The second kappa shape index (κ2) is 13.7. The molecule has 1 aromatic heterocycles. The number of thiophene rings is 1. The van der Waals surface area contributed by atoms with Gasteiger partial charge in [-0.3, -0.25) is 0 Å².